The van der Waals surface area contributed by atoms with Crippen molar-refractivity contribution in [1.29, 1.82) is 0 Å². The summed E-state index contributed by atoms with van der Waals surface area (Å²) in [7, 11) is 0. The summed E-state index contributed by atoms with van der Waals surface area (Å²) in [5, 5.41) is 3.10. The molecule has 1 saturated carbocycles. The fourth-order valence-electron chi connectivity index (χ4n) is 3.07. The van der Waals surface area contributed by atoms with Gasteiger partial charge in [-0.1, -0.05) is 32.0 Å². The van der Waals surface area contributed by atoms with Gasteiger partial charge < -0.3 is 15.8 Å². The molecule has 0 aromatic carbocycles. The summed E-state index contributed by atoms with van der Waals surface area (Å²) in [6.07, 6.45) is 5.66. The van der Waals surface area contributed by atoms with Crippen molar-refractivity contribution in [1.82, 2.24) is 5.32 Å². The molecule has 1 aliphatic carbocycles. The number of hydrogen-bond acceptors (Lipinski definition) is 3. The maximum absolute atomic E-state index is 12.5. The smallest absolute Gasteiger partial charge is 0.233 e. The van der Waals surface area contributed by atoms with Gasteiger partial charge in [-0.15, -0.1) is 0 Å². The molecule has 4 nitrogen and oxygen atoms in total. The first-order chi connectivity index (χ1) is 8.99. The Kier molecular flexibility index (Phi) is 4.46. The molecular formula is C14H24N2O2S. The lowest BCUT2D eigenvalue weighted by Gasteiger charge is -2.35. The third-order valence-electron chi connectivity index (χ3n) is 4.74. The van der Waals surface area contributed by atoms with Crippen LogP contribution >= 0.6 is 12.2 Å². The van der Waals surface area contributed by atoms with E-state index in [0.29, 0.717) is 11.5 Å². The molecule has 2 rings (SSSR count). The maximum atomic E-state index is 12.5. The number of nitrogens with two attached hydrogens (primary N) is 1. The number of amides is 1. The van der Waals surface area contributed by atoms with E-state index in [0.717, 1.165) is 51.7 Å². The van der Waals surface area contributed by atoms with Gasteiger partial charge in [-0.3, -0.25) is 4.79 Å². The zero-order valence-electron chi connectivity index (χ0n) is 11.7. The predicted octanol–water partition coefficient (Wildman–Crippen LogP) is 1.77. The van der Waals surface area contributed by atoms with Gasteiger partial charge in [0.25, 0.3) is 0 Å². The number of carbonyl (C=O) groups excluding carboxylic acids is 1. The first-order valence-electron chi connectivity index (χ1n) is 7.15. The van der Waals surface area contributed by atoms with E-state index in [1.807, 2.05) is 0 Å². The van der Waals surface area contributed by atoms with Crippen LogP contribution in [0.5, 0.6) is 0 Å². The van der Waals surface area contributed by atoms with Crippen LogP contribution in [0.3, 0.4) is 0 Å². The summed E-state index contributed by atoms with van der Waals surface area (Å²) < 4.78 is 5.38. The number of ether oxygens (including phenoxy) is 1. The fraction of sp³-hybridized carbons (Fsp3) is 0.857. The molecule has 3 N–H and O–H groups in total. The molecule has 0 aromatic rings. The molecule has 1 heterocycles. The van der Waals surface area contributed by atoms with E-state index in [4.69, 9.17) is 22.7 Å². The number of thiocarbonyl (C=S) groups is 1. The van der Waals surface area contributed by atoms with Crippen LogP contribution < -0.4 is 11.1 Å². The minimum Gasteiger partial charge on any atom is -0.392 e. The normalized spacial score (nSPS) is 24.9. The van der Waals surface area contributed by atoms with Crippen molar-refractivity contribution in [3.8, 4) is 0 Å². The Hall–Kier alpha value is -0.680. The van der Waals surface area contributed by atoms with Crippen molar-refractivity contribution in [2.45, 2.75) is 45.4 Å². The Balaban J connectivity index is 1.94. The Morgan fingerprint density at radius 3 is 2.37 bits per heavy atom. The van der Waals surface area contributed by atoms with Gasteiger partial charge in [0.15, 0.2) is 0 Å². The molecular weight excluding hydrogens is 260 g/mol. The van der Waals surface area contributed by atoms with Crippen LogP contribution in [0.1, 0.15) is 45.4 Å². The molecule has 1 amide bonds. The Bertz CT molecular complexity index is 358. The second-order valence-corrected chi connectivity index (χ2v) is 6.70. The average molecular weight is 284 g/mol. The van der Waals surface area contributed by atoms with Crippen molar-refractivity contribution in [2.75, 3.05) is 19.8 Å². The first-order valence-corrected chi connectivity index (χ1v) is 7.55. The van der Waals surface area contributed by atoms with E-state index in [-0.39, 0.29) is 11.3 Å². The van der Waals surface area contributed by atoms with Gasteiger partial charge >= 0.3 is 0 Å². The van der Waals surface area contributed by atoms with Gasteiger partial charge in [0.1, 0.15) is 0 Å². The monoisotopic (exact) mass is 284 g/mol. The van der Waals surface area contributed by atoms with Crippen molar-refractivity contribution in [3.05, 3.63) is 0 Å². The van der Waals surface area contributed by atoms with Gasteiger partial charge in [-0.25, -0.2) is 0 Å². The standard InChI is InChI=1S/C14H24N2O2S/c1-13(6-8-18-9-7-13)10-16-12(17)14(11(15)19)4-2-3-5-14/h2-10H2,1H3,(H2,15,19)(H,16,17). The zero-order valence-corrected chi connectivity index (χ0v) is 12.5. The molecule has 2 fully saturated rings. The van der Waals surface area contributed by atoms with Gasteiger partial charge in [-0.05, 0) is 31.1 Å². The van der Waals surface area contributed by atoms with Crippen LogP contribution in [0.2, 0.25) is 0 Å². The second-order valence-electron chi connectivity index (χ2n) is 6.26. The lowest BCUT2D eigenvalue weighted by atomic mass is 9.81. The highest BCUT2D eigenvalue weighted by atomic mass is 32.1. The predicted molar refractivity (Wildman–Crippen MR) is 78.9 cm³/mol. The number of carbonyl (C=O) groups is 1. The Morgan fingerprint density at radius 1 is 1.26 bits per heavy atom. The molecule has 0 spiro atoms. The van der Waals surface area contributed by atoms with Crippen molar-refractivity contribution in [3.63, 3.8) is 0 Å². The Morgan fingerprint density at radius 2 is 1.84 bits per heavy atom. The van der Waals surface area contributed by atoms with Crippen molar-refractivity contribution < 1.29 is 9.53 Å². The summed E-state index contributed by atoms with van der Waals surface area (Å²) in [5.41, 5.74) is 5.38. The second kappa shape index (κ2) is 5.75. The summed E-state index contributed by atoms with van der Waals surface area (Å²) in [4.78, 5) is 12.8. The molecule has 2 aliphatic rings. The molecule has 0 aromatic heterocycles. The maximum Gasteiger partial charge on any atom is 0.233 e. The topological polar surface area (TPSA) is 64.4 Å². The summed E-state index contributed by atoms with van der Waals surface area (Å²) in [6, 6.07) is 0. The van der Waals surface area contributed by atoms with Gasteiger partial charge in [0.05, 0.1) is 10.4 Å². The van der Waals surface area contributed by atoms with Crippen LogP contribution in [-0.2, 0) is 9.53 Å². The number of nitrogens with one attached hydrogen (secondary N) is 1. The van der Waals surface area contributed by atoms with Crippen LogP contribution in [0.15, 0.2) is 0 Å². The van der Waals surface area contributed by atoms with Gasteiger partial charge in [0, 0.05) is 19.8 Å². The molecule has 0 unspecified atom stereocenters. The minimum absolute atomic E-state index is 0.0326. The third kappa shape index (κ3) is 3.08. The van der Waals surface area contributed by atoms with Gasteiger partial charge in [0.2, 0.25) is 5.91 Å². The average Bonchev–Trinajstić information content (AvgIpc) is 2.87. The lowest BCUT2D eigenvalue weighted by Crippen LogP contribution is -2.50. The minimum atomic E-state index is -0.586. The van der Waals surface area contributed by atoms with E-state index >= 15 is 0 Å². The highest BCUT2D eigenvalue weighted by Gasteiger charge is 2.44. The van der Waals surface area contributed by atoms with Crippen molar-refractivity contribution in [2.24, 2.45) is 16.6 Å². The van der Waals surface area contributed by atoms with E-state index in [1.165, 1.54) is 0 Å². The molecule has 19 heavy (non-hydrogen) atoms. The zero-order chi connectivity index (χ0) is 13.9. The highest BCUT2D eigenvalue weighted by molar-refractivity contribution is 7.80. The van der Waals surface area contributed by atoms with Gasteiger partial charge in [-0.2, -0.15) is 0 Å². The molecule has 0 bridgehead atoms. The lowest BCUT2D eigenvalue weighted by molar-refractivity contribution is -0.128. The van der Waals surface area contributed by atoms with E-state index in [2.05, 4.69) is 12.2 Å². The van der Waals surface area contributed by atoms with E-state index in [9.17, 15) is 4.79 Å². The molecule has 0 atom stereocenters. The number of hydrogen-bond donors (Lipinski definition) is 2. The highest BCUT2D eigenvalue weighted by Crippen LogP contribution is 2.39. The molecule has 0 radical (unpaired) electrons. The van der Waals surface area contributed by atoms with E-state index in [1.54, 1.807) is 0 Å². The van der Waals surface area contributed by atoms with Crippen LogP contribution in [-0.4, -0.2) is 30.7 Å². The molecule has 1 aliphatic heterocycles. The van der Waals surface area contributed by atoms with Crippen LogP contribution in [0.25, 0.3) is 0 Å². The first kappa shape index (κ1) is 14.7. The summed E-state index contributed by atoms with van der Waals surface area (Å²) in [6.45, 7) is 4.47. The fourth-order valence-corrected chi connectivity index (χ4v) is 3.36. The summed E-state index contributed by atoms with van der Waals surface area (Å²) in [5.74, 6) is 0.0326. The molecule has 1 saturated heterocycles. The largest absolute Gasteiger partial charge is 0.392 e. The molecule has 108 valence electrons. The summed E-state index contributed by atoms with van der Waals surface area (Å²) >= 11 is 5.14. The molecule has 5 heteroatoms. The van der Waals surface area contributed by atoms with Crippen molar-refractivity contribution >= 4 is 23.1 Å². The SMILES string of the molecule is CC1(CNC(=O)C2(C(N)=S)CCCC2)CCOCC1. The quantitative estimate of drug-likeness (QED) is 0.772. The number of rotatable bonds is 4. The van der Waals surface area contributed by atoms with Crippen LogP contribution in [0.4, 0.5) is 0 Å². The van der Waals surface area contributed by atoms with Crippen LogP contribution in [0, 0.1) is 10.8 Å². The van der Waals surface area contributed by atoms with E-state index < -0.39 is 5.41 Å². The third-order valence-corrected chi connectivity index (χ3v) is 5.13. The Labute approximate surface area is 120 Å².